The van der Waals surface area contributed by atoms with Gasteiger partial charge < -0.3 is 14.7 Å². The van der Waals surface area contributed by atoms with Crippen molar-refractivity contribution in [2.45, 2.75) is 26.4 Å². The predicted molar refractivity (Wildman–Crippen MR) is 80.6 cm³/mol. The van der Waals surface area contributed by atoms with E-state index in [2.05, 4.69) is 0 Å². The highest BCUT2D eigenvalue weighted by Gasteiger charge is 2.19. The minimum absolute atomic E-state index is 0.113. The Morgan fingerprint density at radius 1 is 1.45 bits per heavy atom. The highest BCUT2D eigenvalue weighted by Crippen LogP contribution is 2.14. The van der Waals surface area contributed by atoms with Gasteiger partial charge in [0.25, 0.3) is 0 Å². The molecule has 110 valence electrons. The number of methoxy groups -OCH3 is 1. The third-order valence-corrected chi connectivity index (χ3v) is 2.78. The van der Waals surface area contributed by atoms with Crippen LogP contribution in [0.25, 0.3) is 6.08 Å². The molecule has 1 aromatic carbocycles. The molecule has 0 aliphatic carbocycles. The molecule has 0 saturated heterocycles. The van der Waals surface area contributed by atoms with Crippen molar-refractivity contribution in [1.29, 1.82) is 0 Å². The van der Waals surface area contributed by atoms with Crippen LogP contribution in [-0.4, -0.2) is 41.7 Å². The topological polar surface area (TPSA) is 49.8 Å². The highest BCUT2D eigenvalue weighted by molar-refractivity contribution is 5.91. The molecular formula is C16H23NO3. The summed E-state index contributed by atoms with van der Waals surface area (Å²) >= 11 is 0. The summed E-state index contributed by atoms with van der Waals surface area (Å²) in [5.41, 5.74) is 0.00663. The first-order chi connectivity index (χ1) is 9.35. The van der Waals surface area contributed by atoms with E-state index < -0.39 is 5.60 Å². The maximum absolute atomic E-state index is 12.1. The molecule has 1 amide bonds. The third-order valence-electron chi connectivity index (χ3n) is 2.78. The zero-order chi connectivity index (χ0) is 15.2. The molecule has 4 heteroatoms. The van der Waals surface area contributed by atoms with Gasteiger partial charge in [0.2, 0.25) is 5.91 Å². The van der Waals surface area contributed by atoms with Crippen molar-refractivity contribution in [2.24, 2.45) is 0 Å². The van der Waals surface area contributed by atoms with Crippen LogP contribution in [0.5, 0.6) is 5.75 Å². The number of benzene rings is 1. The van der Waals surface area contributed by atoms with Crippen molar-refractivity contribution in [3.63, 3.8) is 0 Å². The van der Waals surface area contributed by atoms with Gasteiger partial charge in [-0.05, 0) is 44.5 Å². The molecule has 0 aliphatic heterocycles. The SMILES string of the molecule is CCN(CC(C)(C)O)C(=O)C=Cc1cccc(OC)c1. The molecule has 0 bridgehead atoms. The number of amides is 1. The molecule has 0 saturated carbocycles. The molecule has 0 heterocycles. The van der Waals surface area contributed by atoms with Crippen LogP contribution in [0.1, 0.15) is 26.3 Å². The quantitative estimate of drug-likeness (QED) is 0.812. The third kappa shape index (κ3) is 5.45. The molecule has 0 unspecified atom stereocenters. The van der Waals surface area contributed by atoms with Crippen molar-refractivity contribution in [3.8, 4) is 5.75 Å². The fourth-order valence-electron chi connectivity index (χ4n) is 1.83. The second-order valence-electron chi connectivity index (χ2n) is 5.27. The molecule has 0 spiro atoms. The van der Waals surface area contributed by atoms with Crippen molar-refractivity contribution in [2.75, 3.05) is 20.2 Å². The molecule has 0 atom stereocenters. The number of carbonyl (C=O) groups excluding carboxylic acids is 1. The van der Waals surface area contributed by atoms with Crippen molar-refractivity contribution < 1.29 is 14.6 Å². The Hall–Kier alpha value is -1.81. The number of hydrogen-bond donors (Lipinski definition) is 1. The standard InChI is InChI=1S/C16H23NO3/c1-5-17(12-16(2,3)19)15(18)10-9-13-7-6-8-14(11-13)20-4/h6-11,19H,5,12H2,1-4H3. The molecule has 0 fully saturated rings. The lowest BCUT2D eigenvalue weighted by molar-refractivity contribution is -0.128. The molecule has 0 aliphatic rings. The van der Waals surface area contributed by atoms with Gasteiger partial charge in [0.1, 0.15) is 5.75 Å². The summed E-state index contributed by atoms with van der Waals surface area (Å²) in [5, 5.41) is 9.79. The number of ether oxygens (including phenoxy) is 1. The van der Waals surface area contributed by atoms with E-state index in [1.165, 1.54) is 6.08 Å². The van der Waals surface area contributed by atoms with Gasteiger partial charge in [-0.15, -0.1) is 0 Å². The Morgan fingerprint density at radius 3 is 2.70 bits per heavy atom. The molecular weight excluding hydrogens is 254 g/mol. The van der Waals surface area contributed by atoms with E-state index in [1.807, 2.05) is 31.2 Å². The molecule has 1 aromatic rings. The van der Waals surface area contributed by atoms with Gasteiger partial charge in [0, 0.05) is 19.2 Å². The predicted octanol–water partition coefficient (Wildman–Crippen LogP) is 2.33. The molecule has 1 rings (SSSR count). The van der Waals surface area contributed by atoms with Crippen LogP contribution in [0, 0.1) is 0 Å². The van der Waals surface area contributed by atoms with E-state index in [9.17, 15) is 9.90 Å². The number of aliphatic hydroxyl groups is 1. The Bertz CT molecular complexity index is 475. The fraction of sp³-hybridized carbons (Fsp3) is 0.438. The molecule has 0 aromatic heterocycles. The first-order valence-electron chi connectivity index (χ1n) is 6.69. The lowest BCUT2D eigenvalue weighted by atomic mass is 10.1. The van der Waals surface area contributed by atoms with E-state index >= 15 is 0 Å². The molecule has 0 radical (unpaired) electrons. The summed E-state index contributed by atoms with van der Waals surface area (Å²) in [7, 11) is 1.61. The second kappa shape index (κ2) is 7.10. The van der Waals surface area contributed by atoms with E-state index in [0.717, 1.165) is 11.3 Å². The Kier molecular flexibility index (Phi) is 5.77. The van der Waals surface area contributed by atoms with Crippen LogP contribution >= 0.6 is 0 Å². The first-order valence-corrected chi connectivity index (χ1v) is 6.69. The van der Waals surface area contributed by atoms with E-state index in [4.69, 9.17) is 4.74 Å². The van der Waals surface area contributed by atoms with Gasteiger partial charge in [-0.25, -0.2) is 0 Å². The Morgan fingerprint density at radius 2 is 2.15 bits per heavy atom. The second-order valence-corrected chi connectivity index (χ2v) is 5.27. The summed E-state index contributed by atoms with van der Waals surface area (Å²) in [6, 6.07) is 7.48. The summed E-state index contributed by atoms with van der Waals surface area (Å²) < 4.78 is 5.13. The lowest BCUT2D eigenvalue weighted by Crippen LogP contribution is -2.41. The number of hydrogen-bond acceptors (Lipinski definition) is 3. The van der Waals surface area contributed by atoms with Gasteiger partial charge in [-0.1, -0.05) is 12.1 Å². The lowest BCUT2D eigenvalue weighted by Gasteiger charge is -2.27. The zero-order valence-electron chi connectivity index (χ0n) is 12.6. The minimum Gasteiger partial charge on any atom is -0.497 e. The number of carbonyl (C=O) groups is 1. The summed E-state index contributed by atoms with van der Waals surface area (Å²) in [6.45, 7) is 6.14. The normalized spacial score (nSPS) is 11.7. The van der Waals surface area contributed by atoms with Gasteiger partial charge in [0.15, 0.2) is 0 Å². The Labute approximate surface area is 120 Å². The van der Waals surface area contributed by atoms with Crippen LogP contribution in [0.15, 0.2) is 30.3 Å². The van der Waals surface area contributed by atoms with E-state index in [-0.39, 0.29) is 5.91 Å². The Balaban J connectivity index is 2.74. The molecule has 20 heavy (non-hydrogen) atoms. The van der Waals surface area contributed by atoms with Crippen LogP contribution in [0.3, 0.4) is 0 Å². The fourth-order valence-corrected chi connectivity index (χ4v) is 1.83. The summed E-state index contributed by atoms with van der Waals surface area (Å²) in [5.74, 6) is 0.640. The van der Waals surface area contributed by atoms with Crippen LogP contribution < -0.4 is 4.74 Å². The maximum atomic E-state index is 12.1. The first kappa shape index (κ1) is 16.2. The van der Waals surface area contributed by atoms with Crippen LogP contribution in [0.4, 0.5) is 0 Å². The van der Waals surface area contributed by atoms with E-state index in [1.54, 1.807) is 31.9 Å². The maximum Gasteiger partial charge on any atom is 0.246 e. The van der Waals surface area contributed by atoms with E-state index in [0.29, 0.717) is 13.1 Å². The average Bonchev–Trinajstić information content (AvgIpc) is 2.41. The number of rotatable bonds is 6. The van der Waals surface area contributed by atoms with Crippen molar-refractivity contribution in [1.82, 2.24) is 4.90 Å². The zero-order valence-corrected chi connectivity index (χ0v) is 12.6. The molecule has 1 N–H and O–H groups in total. The number of nitrogens with zero attached hydrogens (tertiary/aromatic N) is 1. The van der Waals surface area contributed by atoms with Gasteiger partial charge in [-0.2, -0.15) is 0 Å². The van der Waals surface area contributed by atoms with Crippen molar-refractivity contribution in [3.05, 3.63) is 35.9 Å². The van der Waals surface area contributed by atoms with Gasteiger partial charge in [-0.3, -0.25) is 4.79 Å². The van der Waals surface area contributed by atoms with Crippen LogP contribution in [0.2, 0.25) is 0 Å². The average molecular weight is 277 g/mol. The smallest absolute Gasteiger partial charge is 0.246 e. The van der Waals surface area contributed by atoms with Gasteiger partial charge in [0.05, 0.1) is 12.7 Å². The largest absolute Gasteiger partial charge is 0.497 e. The summed E-state index contributed by atoms with van der Waals surface area (Å²) in [4.78, 5) is 13.7. The monoisotopic (exact) mass is 277 g/mol. The molecule has 4 nitrogen and oxygen atoms in total. The van der Waals surface area contributed by atoms with Gasteiger partial charge >= 0.3 is 0 Å². The number of likely N-dealkylation sites (N-methyl/N-ethyl adjacent to an activating group) is 1. The summed E-state index contributed by atoms with van der Waals surface area (Å²) in [6.07, 6.45) is 3.27. The van der Waals surface area contributed by atoms with Crippen molar-refractivity contribution >= 4 is 12.0 Å². The minimum atomic E-state index is -0.893. The highest BCUT2D eigenvalue weighted by atomic mass is 16.5. The van der Waals surface area contributed by atoms with Crippen LogP contribution in [-0.2, 0) is 4.79 Å².